The maximum absolute atomic E-state index is 12.0. The molecule has 1 unspecified atom stereocenters. The number of hydrogen-bond donors (Lipinski definition) is 2. The van der Waals surface area contributed by atoms with Crippen molar-refractivity contribution in [3.05, 3.63) is 11.1 Å². The predicted molar refractivity (Wildman–Crippen MR) is 79.3 cm³/mol. The van der Waals surface area contributed by atoms with Crippen LogP contribution in [-0.2, 0) is 4.79 Å². The molecule has 1 heterocycles. The Hall–Kier alpha value is -0.940. The van der Waals surface area contributed by atoms with Crippen LogP contribution in [0.3, 0.4) is 0 Å². The second-order valence-corrected chi connectivity index (χ2v) is 6.69. The molecule has 1 atom stereocenters. The Kier molecular flexibility index (Phi) is 4.93. The Bertz CT molecular complexity index is 426. The van der Waals surface area contributed by atoms with Crippen molar-refractivity contribution in [2.75, 3.05) is 11.9 Å². The van der Waals surface area contributed by atoms with E-state index in [1.54, 1.807) is 0 Å². The fraction of sp³-hybridized carbons (Fsp3) is 0.714. The SMILES string of the molecule is CC(C)CC(CN)CC(=O)Nc1nc(C2CC2)cs1. The molecule has 5 heteroatoms. The molecule has 106 valence electrons. The Morgan fingerprint density at radius 3 is 2.89 bits per heavy atom. The fourth-order valence-electron chi connectivity index (χ4n) is 2.27. The second-order valence-electron chi connectivity index (χ2n) is 5.84. The van der Waals surface area contributed by atoms with Crippen molar-refractivity contribution in [2.24, 2.45) is 17.6 Å². The topological polar surface area (TPSA) is 68.0 Å². The van der Waals surface area contributed by atoms with Crippen molar-refractivity contribution in [1.29, 1.82) is 0 Å². The highest BCUT2D eigenvalue weighted by atomic mass is 32.1. The molecule has 1 fully saturated rings. The van der Waals surface area contributed by atoms with E-state index in [0.29, 0.717) is 24.8 Å². The zero-order chi connectivity index (χ0) is 13.8. The quantitative estimate of drug-likeness (QED) is 0.807. The number of aromatic nitrogens is 1. The molecule has 0 bridgehead atoms. The molecule has 1 aromatic rings. The summed E-state index contributed by atoms with van der Waals surface area (Å²) in [5, 5.41) is 5.68. The van der Waals surface area contributed by atoms with Crippen LogP contribution in [0.15, 0.2) is 5.38 Å². The summed E-state index contributed by atoms with van der Waals surface area (Å²) in [5.41, 5.74) is 6.86. The van der Waals surface area contributed by atoms with Crippen LogP contribution < -0.4 is 11.1 Å². The minimum atomic E-state index is 0.0350. The monoisotopic (exact) mass is 281 g/mol. The number of nitrogens with one attached hydrogen (secondary N) is 1. The minimum absolute atomic E-state index is 0.0350. The first-order chi connectivity index (χ1) is 9.08. The van der Waals surface area contributed by atoms with E-state index >= 15 is 0 Å². The molecule has 1 aliphatic carbocycles. The lowest BCUT2D eigenvalue weighted by Crippen LogP contribution is -2.23. The van der Waals surface area contributed by atoms with Crippen LogP contribution in [-0.4, -0.2) is 17.4 Å². The van der Waals surface area contributed by atoms with E-state index in [9.17, 15) is 4.79 Å². The van der Waals surface area contributed by atoms with Crippen LogP contribution in [0.4, 0.5) is 5.13 Å². The third kappa shape index (κ3) is 4.58. The Labute approximate surface area is 118 Å². The van der Waals surface area contributed by atoms with Crippen molar-refractivity contribution in [3.8, 4) is 0 Å². The van der Waals surface area contributed by atoms with Gasteiger partial charge in [0, 0.05) is 17.7 Å². The zero-order valence-corrected chi connectivity index (χ0v) is 12.5. The molecule has 0 saturated heterocycles. The normalized spacial score (nSPS) is 16.6. The smallest absolute Gasteiger partial charge is 0.226 e. The average molecular weight is 281 g/mol. The second kappa shape index (κ2) is 6.48. The third-order valence-electron chi connectivity index (χ3n) is 3.38. The number of anilines is 1. The molecule has 1 aliphatic rings. The van der Waals surface area contributed by atoms with Crippen LogP contribution in [0.25, 0.3) is 0 Å². The van der Waals surface area contributed by atoms with Gasteiger partial charge in [0.25, 0.3) is 0 Å². The molecule has 1 aromatic heterocycles. The molecular weight excluding hydrogens is 258 g/mol. The summed E-state index contributed by atoms with van der Waals surface area (Å²) in [5.74, 6) is 1.51. The molecule has 3 N–H and O–H groups in total. The predicted octanol–water partition coefficient (Wildman–Crippen LogP) is 2.97. The van der Waals surface area contributed by atoms with Gasteiger partial charge in [-0.15, -0.1) is 11.3 Å². The minimum Gasteiger partial charge on any atom is -0.330 e. The Morgan fingerprint density at radius 2 is 2.32 bits per heavy atom. The maximum Gasteiger partial charge on any atom is 0.226 e. The van der Waals surface area contributed by atoms with Gasteiger partial charge in [-0.2, -0.15) is 0 Å². The Balaban J connectivity index is 1.81. The first-order valence-corrected chi connectivity index (χ1v) is 7.91. The molecular formula is C14H23N3OS. The van der Waals surface area contributed by atoms with Gasteiger partial charge in [0.1, 0.15) is 0 Å². The highest BCUT2D eigenvalue weighted by Crippen LogP contribution is 2.40. The summed E-state index contributed by atoms with van der Waals surface area (Å²) in [6.07, 6.45) is 3.96. The van der Waals surface area contributed by atoms with E-state index in [0.717, 1.165) is 17.2 Å². The average Bonchev–Trinajstić information content (AvgIpc) is 3.09. The van der Waals surface area contributed by atoms with Crippen molar-refractivity contribution in [3.63, 3.8) is 0 Å². The number of carbonyl (C=O) groups is 1. The number of nitrogens with two attached hydrogens (primary N) is 1. The molecule has 0 spiro atoms. The summed E-state index contributed by atoms with van der Waals surface area (Å²) >= 11 is 1.52. The van der Waals surface area contributed by atoms with Crippen LogP contribution >= 0.6 is 11.3 Å². The molecule has 1 amide bonds. The van der Waals surface area contributed by atoms with Gasteiger partial charge in [-0.1, -0.05) is 13.8 Å². The highest BCUT2D eigenvalue weighted by molar-refractivity contribution is 7.13. The molecule has 19 heavy (non-hydrogen) atoms. The van der Waals surface area contributed by atoms with E-state index in [1.165, 1.54) is 24.2 Å². The van der Waals surface area contributed by atoms with Crippen molar-refractivity contribution in [2.45, 2.75) is 45.4 Å². The number of thiazole rings is 1. The van der Waals surface area contributed by atoms with E-state index in [-0.39, 0.29) is 11.8 Å². The maximum atomic E-state index is 12.0. The van der Waals surface area contributed by atoms with Crippen LogP contribution in [0, 0.1) is 11.8 Å². The lowest BCUT2D eigenvalue weighted by Gasteiger charge is -2.15. The first-order valence-electron chi connectivity index (χ1n) is 7.03. The van der Waals surface area contributed by atoms with Crippen molar-refractivity contribution < 1.29 is 4.79 Å². The number of rotatable bonds is 7. The standard InChI is InChI=1S/C14H23N3OS/c1-9(2)5-10(7-15)6-13(18)17-14-16-12(8-19-14)11-3-4-11/h8-11H,3-7,15H2,1-2H3,(H,16,17,18). The van der Waals surface area contributed by atoms with Gasteiger partial charge in [0.15, 0.2) is 5.13 Å². The van der Waals surface area contributed by atoms with E-state index < -0.39 is 0 Å². The van der Waals surface area contributed by atoms with Crippen LogP contribution in [0.1, 0.15) is 51.1 Å². The largest absolute Gasteiger partial charge is 0.330 e. The highest BCUT2D eigenvalue weighted by Gasteiger charge is 2.26. The van der Waals surface area contributed by atoms with Gasteiger partial charge in [-0.25, -0.2) is 4.98 Å². The first kappa shape index (κ1) is 14.5. The van der Waals surface area contributed by atoms with Crippen molar-refractivity contribution in [1.82, 2.24) is 4.98 Å². The summed E-state index contributed by atoms with van der Waals surface area (Å²) in [6, 6.07) is 0. The fourth-order valence-corrected chi connectivity index (χ4v) is 3.08. The van der Waals surface area contributed by atoms with Crippen LogP contribution in [0.5, 0.6) is 0 Å². The molecule has 4 nitrogen and oxygen atoms in total. The van der Waals surface area contributed by atoms with Crippen LogP contribution in [0.2, 0.25) is 0 Å². The van der Waals surface area contributed by atoms with Gasteiger partial charge >= 0.3 is 0 Å². The summed E-state index contributed by atoms with van der Waals surface area (Å²) in [4.78, 5) is 16.4. The van der Waals surface area contributed by atoms with E-state index in [4.69, 9.17) is 5.73 Å². The zero-order valence-electron chi connectivity index (χ0n) is 11.7. The summed E-state index contributed by atoms with van der Waals surface area (Å²) in [6.45, 7) is 4.88. The molecule has 0 aliphatic heterocycles. The molecule has 2 rings (SSSR count). The van der Waals surface area contributed by atoms with E-state index in [1.807, 2.05) is 0 Å². The summed E-state index contributed by atoms with van der Waals surface area (Å²) in [7, 11) is 0. The lowest BCUT2D eigenvalue weighted by molar-refractivity contribution is -0.117. The van der Waals surface area contributed by atoms with Gasteiger partial charge in [-0.05, 0) is 37.6 Å². The summed E-state index contributed by atoms with van der Waals surface area (Å²) < 4.78 is 0. The molecule has 0 aromatic carbocycles. The van der Waals surface area contributed by atoms with Gasteiger partial charge in [0.05, 0.1) is 5.69 Å². The van der Waals surface area contributed by atoms with E-state index in [2.05, 4.69) is 29.5 Å². The van der Waals surface area contributed by atoms with Gasteiger partial charge in [0.2, 0.25) is 5.91 Å². The number of amides is 1. The molecule has 0 radical (unpaired) electrons. The number of carbonyl (C=O) groups excluding carboxylic acids is 1. The number of nitrogens with zero attached hydrogens (tertiary/aromatic N) is 1. The lowest BCUT2D eigenvalue weighted by atomic mass is 9.94. The number of hydrogen-bond acceptors (Lipinski definition) is 4. The third-order valence-corrected chi connectivity index (χ3v) is 4.15. The Morgan fingerprint density at radius 1 is 1.58 bits per heavy atom. The van der Waals surface area contributed by atoms with Gasteiger partial charge in [-0.3, -0.25) is 4.79 Å². The van der Waals surface area contributed by atoms with Gasteiger partial charge < -0.3 is 11.1 Å². The molecule has 1 saturated carbocycles. The van der Waals surface area contributed by atoms with Crippen molar-refractivity contribution >= 4 is 22.4 Å².